The molecule has 0 aliphatic carbocycles. The smallest absolute Gasteiger partial charge is 0.337 e. The predicted molar refractivity (Wildman–Crippen MR) is 114 cm³/mol. The van der Waals surface area contributed by atoms with E-state index in [1.165, 1.54) is 6.20 Å². The van der Waals surface area contributed by atoms with Crippen molar-refractivity contribution in [2.45, 2.75) is 0 Å². The van der Waals surface area contributed by atoms with Crippen molar-refractivity contribution in [1.29, 1.82) is 0 Å². The number of aromatic amines is 1. The molecule has 0 atom stereocenters. The van der Waals surface area contributed by atoms with Crippen LogP contribution in [-0.2, 0) is 0 Å². The average molecular weight is 401 g/mol. The van der Waals surface area contributed by atoms with Crippen LogP contribution in [0.5, 0.6) is 0 Å². The first kappa shape index (κ1) is 20.3. The highest BCUT2D eigenvalue weighted by atomic mass is 16.4. The number of nitrogens with zero attached hydrogens (tertiary/aromatic N) is 2. The Labute approximate surface area is 172 Å². The molecule has 8 nitrogen and oxygen atoms in total. The lowest BCUT2D eigenvalue weighted by Crippen LogP contribution is -2.09. The topological polar surface area (TPSA) is 148 Å². The fraction of sp³-hybridized carbons (Fsp3) is 0. The van der Waals surface area contributed by atoms with Crippen LogP contribution >= 0.6 is 0 Å². The molecular weight excluding hydrogens is 382 g/mol. The summed E-state index contributed by atoms with van der Waals surface area (Å²) in [6.07, 6.45) is 1.53. The van der Waals surface area contributed by atoms with Crippen LogP contribution in [0.2, 0.25) is 0 Å². The SMILES string of the molecule is NC(=O)c1ccccc1.Nc1nccc(-c2cc(C(=O)O)c(-c3ccccc3)[nH]2)n1. The van der Waals surface area contributed by atoms with Crippen molar-refractivity contribution in [2.24, 2.45) is 5.73 Å². The van der Waals surface area contributed by atoms with E-state index in [0.29, 0.717) is 22.6 Å². The number of carbonyl (C=O) groups excluding carboxylic acids is 1. The number of nitrogens with two attached hydrogens (primary N) is 2. The van der Waals surface area contributed by atoms with Crippen LogP contribution in [0, 0.1) is 0 Å². The Hall–Kier alpha value is -4.46. The first-order chi connectivity index (χ1) is 14.5. The summed E-state index contributed by atoms with van der Waals surface area (Å²) >= 11 is 0. The molecular formula is C22H19N5O3. The standard InChI is InChI=1S/C15H12N4O2.C7H7NO/c16-15-17-7-6-11(19-15)12-8-10(14(20)21)13(18-12)9-4-2-1-3-5-9;8-7(9)6-4-2-1-3-5-6/h1-8,18H,(H,20,21)(H2,16,17,19);1-5H,(H2,8,9). The maximum absolute atomic E-state index is 11.4. The van der Waals surface area contributed by atoms with Crippen LogP contribution in [0.25, 0.3) is 22.6 Å². The van der Waals surface area contributed by atoms with Crippen LogP contribution in [-0.4, -0.2) is 31.9 Å². The molecule has 8 heteroatoms. The monoisotopic (exact) mass is 401 g/mol. The number of H-pyrrole nitrogens is 1. The number of amides is 1. The Morgan fingerprint density at radius 2 is 1.57 bits per heavy atom. The van der Waals surface area contributed by atoms with Crippen LogP contribution in [0.15, 0.2) is 79.0 Å². The minimum atomic E-state index is -1.00. The van der Waals surface area contributed by atoms with E-state index >= 15 is 0 Å². The Kier molecular flexibility index (Phi) is 6.19. The summed E-state index contributed by atoms with van der Waals surface area (Å²) in [4.78, 5) is 32.9. The Balaban J connectivity index is 0.000000239. The van der Waals surface area contributed by atoms with E-state index < -0.39 is 5.97 Å². The minimum Gasteiger partial charge on any atom is -0.478 e. The van der Waals surface area contributed by atoms with E-state index in [-0.39, 0.29) is 17.4 Å². The van der Waals surface area contributed by atoms with Gasteiger partial charge in [0.25, 0.3) is 0 Å². The highest BCUT2D eigenvalue weighted by molar-refractivity contribution is 5.97. The fourth-order valence-corrected chi connectivity index (χ4v) is 2.72. The summed E-state index contributed by atoms with van der Waals surface area (Å²) in [5, 5.41) is 9.36. The van der Waals surface area contributed by atoms with Gasteiger partial charge < -0.3 is 21.6 Å². The zero-order valence-corrected chi connectivity index (χ0v) is 15.8. The van der Waals surface area contributed by atoms with Gasteiger partial charge in [0.15, 0.2) is 0 Å². The molecule has 0 saturated heterocycles. The number of rotatable bonds is 4. The van der Waals surface area contributed by atoms with Gasteiger partial charge in [-0.3, -0.25) is 4.79 Å². The number of carboxylic acids is 1. The number of hydrogen-bond acceptors (Lipinski definition) is 5. The summed E-state index contributed by atoms with van der Waals surface area (Å²) < 4.78 is 0. The molecule has 0 bridgehead atoms. The number of nitrogens with one attached hydrogen (secondary N) is 1. The number of primary amides is 1. The molecule has 0 unspecified atom stereocenters. The summed E-state index contributed by atoms with van der Waals surface area (Å²) in [7, 11) is 0. The summed E-state index contributed by atoms with van der Waals surface area (Å²) in [6.45, 7) is 0. The van der Waals surface area contributed by atoms with Gasteiger partial charge >= 0.3 is 5.97 Å². The quantitative estimate of drug-likeness (QED) is 0.413. The minimum absolute atomic E-state index is 0.139. The van der Waals surface area contributed by atoms with Gasteiger partial charge in [-0.1, -0.05) is 48.5 Å². The van der Waals surface area contributed by atoms with Crippen molar-refractivity contribution in [2.75, 3.05) is 5.73 Å². The largest absolute Gasteiger partial charge is 0.478 e. The van der Waals surface area contributed by atoms with Gasteiger partial charge in [0.2, 0.25) is 11.9 Å². The molecule has 0 fully saturated rings. The third-order valence-corrected chi connectivity index (χ3v) is 4.12. The van der Waals surface area contributed by atoms with Crippen LogP contribution in [0.3, 0.4) is 0 Å². The van der Waals surface area contributed by atoms with Gasteiger partial charge in [0.05, 0.1) is 22.6 Å². The summed E-state index contributed by atoms with van der Waals surface area (Å²) in [6, 6.07) is 21.2. The first-order valence-electron chi connectivity index (χ1n) is 8.91. The molecule has 0 spiro atoms. The normalized spacial score (nSPS) is 10.0. The van der Waals surface area contributed by atoms with Gasteiger partial charge in [0, 0.05) is 11.8 Å². The second-order valence-corrected chi connectivity index (χ2v) is 6.17. The molecule has 0 aliphatic heterocycles. The van der Waals surface area contributed by atoms with Gasteiger partial charge in [0.1, 0.15) is 0 Å². The zero-order chi connectivity index (χ0) is 21.5. The maximum atomic E-state index is 11.4. The number of nitrogen functional groups attached to an aromatic ring is 1. The molecule has 4 aromatic rings. The van der Waals surface area contributed by atoms with Crippen molar-refractivity contribution >= 4 is 17.8 Å². The molecule has 2 aromatic carbocycles. The van der Waals surface area contributed by atoms with Crippen molar-refractivity contribution in [3.63, 3.8) is 0 Å². The number of carbonyl (C=O) groups is 2. The molecule has 2 heterocycles. The number of anilines is 1. The zero-order valence-electron chi connectivity index (χ0n) is 15.8. The second kappa shape index (κ2) is 9.16. The van der Waals surface area contributed by atoms with E-state index in [0.717, 1.165) is 5.56 Å². The third-order valence-electron chi connectivity index (χ3n) is 4.12. The molecule has 0 radical (unpaired) electrons. The molecule has 0 aliphatic rings. The molecule has 1 amide bonds. The molecule has 150 valence electrons. The maximum Gasteiger partial charge on any atom is 0.337 e. The van der Waals surface area contributed by atoms with Crippen molar-refractivity contribution in [1.82, 2.24) is 15.0 Å². The van der Waals surface area contributed by atoms with Gasteiger partial charge in [-0.15, -0.1) is 0 Å². The van der Waals surface area contributed by atoms with Gasteiger partial charge in [-0.05, 0) is 29.8 Å². The Morgan fingerprint density at radius 3 is 2.10 bits per heavy atom. The van der Waals surface area contributed by atoms with Crippen molar-refractivity contribution in [3.05, 3.63) is 90.1 Å². The number of aromatic nitrogens is 3. The third kappa shape index (κ3) is 4.87. The summed E-state index contributed by atoms with van der Waals surface area (Å²) in [5.41, 5.74) is 13.7. The highest BCUT2D eigenvalue weighted by Gasteiger charge is 2.17. The lowest BCUT2D eigenvalue weighted by Gasteiger charge is -2.00. The van der Waals surface area contributed by atoms with Gasteiger partial charge in [-0.25, -0.2) is 14.8 Å². The van der Waals surface area contributed by atoms with Crippen LogP contribution in [0.4, 0.5) is 5.95 Å². The molecule has 0 saturated carbocycles. The predicted octanol–water partition coefficient (Wildman–Crippen LogP) is 3.20. The molecule has 2 aromatic heterocycles. The molecule has 30 heavy (non-hydrogen) atoms. The lowest BCUT2D eigenvalue weighted by molar-refractivity contribution is 0.0697. The van der Waals surface area contributed by atoms with E-state index in [4.69, 9.17) is 11.5 Å². The van der Waals surface area contributed by atoms with E-state index in [1.807, 2.05) is 36.4 Å². The molecule has 4 rings (SSSR count). The second-order valence-electron chi connectivity index (χ2n) is 6.17. The first-order valence-corrected chi connectivity index (χ1v) is 8.91. The van der Waals surface area contributed by atoms with Crippen molar-refractivity contribution in [3.8, 4) is 22.6 Å². The highest BCUT2D eigenvalue weighted by Crippen LogP contribution is 2.28. The Morgan fingerprint density at radius 1 is 0.933 bits per heavy atom. The number of benzene rings is 2. The number of carboxylic acid groups (broad SMARTS) is 1. The van der Waals surface area contributed by atoms with Gasteiger partial charge in [-0.2, -0.15) is 0 Å². The van der Waals surface area contributed by atoms with Crippen molar-refractivity contribution < 1.29 is 14.7 Å². The number of hydrogen-bond donors (Lipinski definition) is 4. The lowest BCUT2D eigenvalue weighted by atomic mass is 10.1. The fourth-order valence-electron chi connectivity index (χ4n) is 2.72. The van der Waals surface area contributed by atoms with E-state index in [9.17, 15) is 14.7 Å². The summed E-state index contributed by atoms with van der Waals surface area (Å²) in [5.74, 6) is -1.24. The Bertz CT molecular complexity index is 1160. The van der Waals surface area contributed by atoms with Crippen LogP contribution in [0.1, 0.15) is 20.7 Å². The van der Waals surface area contributed by atoms with Crippen LogP contribution < -0.4 is 11.5 Å². The van der Waals surface area contributed by atoms with E-state index in [1.54, 1.807) is 36.4 Å². The molecule has 6 N–H and O–H groups in total. The van der Waals surface area contributed by atoms with E-state index in [2.05, 4.69) is 15.0 Å². The number of aromatic carboxylic acids is 1. The average Bonchev–Trinajstić information content (AvgIpc) is 3.21.